The molecular formula is C22H25F3N4O3. The van der Waals surface area contributed by atoms with Crippen molar-refractivity contribution < 1.29 is 27.2 Å². The molecule has 32 heavy (non-hydrogen) atoms. The van der Waals surface area contributed by atoms with E-state index in [1.165, 1.54) is 18.6 Å². The normalized spacial score (nSPS) is 18.6. The van der Waals surface area contributed by atoms with E-state index in [1.54, 1.807) is 11.0 Å². The van der Waals surface area contributed by atoms with E-state index < -0.39 is 11.7 Å². The van der Waals surface area contributed by atoms with Gasteiger partial charge in [-0.3, -0.25) is 9.59 Å². The maximum Gasteiger partial charge on any atom is 0.417 e. The quantitative estimate of drug-likeness (QED) is 0.773. The number of carbonyl (C=O) groups is 2. The standard InChI is InChI=1S/C22H25F3N4O3/c23-22(24,25)17-1-2-19(26-13-17)28-8-3-15(4-9-28)20(30)27-18-5-10-29(11-6-18)21(31)16-7-12-32-14-16/h1-2,7,12-15,18H,3-6,8-11H2,(H,27,30). The molecule has 0 aliphatic carbocycles. The number of hydrogen-bond acceptors (Lipinski definition) is 5. The number of anilines is 1. The molecule has 0 radical (unpaired) electrons. The molecule has 2 aliphatic rings. The zero-order chi connectivity index (χ0) is 22.7. The van der Waals surface area contributed by atoms with Gasteiger partial charge in [0.2, 0.25) is 5.91 Å². The minimum absolute atomic E-state index is 0.00430. The summed E-state index contributed by atoms with van der Waals surface area (Å²) in [4.78, 5) is 32.7. The fourth-order valence-electron chi connectivity index (χ4n) is 4.23. The first kappa shape index (κ1) is 22.2. The molecule has 2 fully saturated rings. The summed E-state index contributed by atoms with van der Waals surface area (Å²) in [5, 5.41) is 3.11. The highest BCUT2D eigenvalue weighted by atomic mass is 19.4. The van der Waals surface area contributed by atoms with E-state index in [0.29, 0.717) is 63.2 Å². The zero-order valence-corrected chi connectivity index (χ0v) is 17.5. The van der Waals surface area contributed by atoms with E-state index in [1.807, 2.05) is 4.90 Å². The maximum absolute atomic E-state index is 12.7. The van der Waals surface area contributed by atoms with Crippen LogP contribution in [0.5, 0.6) is 0 Å². The maximum atomic E-state index is 12.7. The minimum atomic E-state index is -4.40. The molecule has 2 aromatic rings. The van der Waals surface area contributed by atoms with Gasteiger partial charge in [0, 0.05) is 44.3 Å². The third-order valence-electron chi connectivity index (χ3n) is 6.16. The van der Waals surface area contributed by atoms with Crippen LogP contribution >= 0.6 is 0 Å². The van der Waals surface area contributed by atoms with Crippen molar-refractivity contribution in [1.29, 1.82) is 0 Å². The number of carbonyl (C=O) groups excluding carboxylic acids is 2. The number of piperidine rings is 2. The third kappa shape index (κ3) is 5.05. The predicted octanol–water partition coefficient (Wildman–Crippen LogP) is 3.33. The van der Waals surface area contributed by atoms with Crippen molar-refractivity contribution in [2.45, 2.75) is 37.9 Å². The van der Waals surface area contributed by atoms with Crippen molar-refractivity contribution >= 4 is 17.6 Å². The van der Waals surface area contributed by atoms with E-state index in [2.05, 4.69) is 10.3 Å². The number of nitrogens with one attached hydrogen (secondary N) is 1. The fraction of sp³-hybridized carbons (Fsp3) is 0.500. The lowest BCUT2D eigenvalue weighted by molar-refractivity contribution is -0.137. The first-order valence-electron chi connectivity index (χ1n) is 10.7. The number of likely N-dealkylation sites (tertiary alicyclic amines) is 1. The van der Waals surface area contributed by atoms with Crippen LogP contribution in [-0.2, 0) is 11.0 Å². The molecular weight excluding hydrogens is 425 g/mol. The number of nitrogens with zero attached hydrogens (tertiary/aromatic N) is 3. The Bertz CT molecular complexity index is 915. The molecule has 4 heterocycles. The second-order valence-electron chi connectivity index (χ2n) is 8.25. The fourth-order valence-corrected chi connectivity index (χ4v) is 4.23. The SMILES string of the molecule is O=C(NC1CCN(C(=O)c2ccoc2)CC1)C1CCN(c2ccc(C(F)(F)F)cn2)CC1. The van der Waals surface area contributed by atoms with Gasteiger partial charge in [0.15, 0.2) is 0 Å². The molecule has 10 heteroatoms. The Kier molecular flexibility index (Phi) is 6.38. The van der Waals surface area contributed by atoms with Crippen LogP contribution < -0.4 is 10.2 Å². The van der Waals surface area contributed by atoms with E-state index in [-0.39, 0.29) is 23.8 Å². The van der Waals surface area contributed by atoms with Crippen LogP contribution in [0.3, 0.4) is 0 Å². The Hall–Kier alpha value is -3.04. The Morgan fingerprint density at radius 2 is 1.75 bits per heavy atom. The number of pyridine rings is 1. The van der Waals surface area contributed by atoms with Crippen LogP contribution in [0.25, 0.3) is 0 Å². The lowest BCUT2D eigenvalue weighted by atomic mass is 9.94. The van der Waals surface area contributed by atoms with Crippen LogP contribution in [0.15, 0.2) is 41.3 Å². The number of furan rings is 1. The van der Waals surface area contributed by atoms with Crippen molar-refractivity contribution in [2.24, 2.45) is 5.92 Å². The molecule has 1 N–H and O–H groups in total. The van der Waals surface area contributed by atoms with Crippen LogP contribution in [0.2, 0.25) is 0 Å². The third-order valence-corrected chi connectivity index (χ3v) is 6.16. The highest BCUT2D eigenvalue weighted by Gasteiger charge is 2.32. The first-order valence-corrected chi connectivity index (χ1v) is 10.7. The van der Waals surface area contributed by atoms with E-state index >= 15 is 0 Å². The highest BCUT2D eigenvalue weighted by molar-refractivity contribution is 5.93. The van der Waals surface area contributed by atoms with Gasteiger partial charge in [0.1, 0.15) is 12.1 Å². The van der Waals surface area contributed by atoms with Gasteiger partial charge >= 0.3 is 6.18 Å². The lowest BCUT2D eigenvalue weighted by Crippen LogP contribution is -2.49. The number of hydrogen-bond donors (Lipinski definition) is 1. The van der Waals surface area contributed by atoms with Gasteiger partial charge in [-0.25, -0.2) is 4.98 Å². The van der Waals surface area contributed by atoms with E-state index in [9.17, 15) is 22.8 Å². The molecule has 0 aromatic carbocycles. The van der Waals surface area contributed by atoms with Crippen molar-refractivity contribution in [3.63, 3.8) is 0 Å². The largest absolute Gasteiger partial charge is 0.472 e. The van der Waals surface area contributed by atoms with Crippen LogP contribution in [0.1, 0.15) is 41.6 Å². The van der Waals surface area contributed by atoms with Crippen molar-refractivity contribution in [3.05, 3.63) is 48.0 Å². The summed E-state index contributed by atoms with van der Waals surface area (Å²) < 4.78 is 43.1. The molecule has 2 aromatic heterocycles. The summed E-state index contributed by atoms with van der Waals surface area (Å²) in [5.41, 5.74) is -0.241. The van der Waals surface area contributed by atoms with Gasteiger partial charge in [0.25, 0.3) is 5.91 Å². The van der Waals surface area contributed by atoms with Gasteiger partial charge < -0.3 is 19.5 Å². The smallest absolute Gasteiger partial charge is 0.417 e. The summed E-state index contributed by atoms with van der Waals surface area (Å²) in [6.45, 7) is 2.28. The predicted molar refractivity (Wildman–Crippen MR) is 110 cm³/mol. The zero-order valence-electron chi connectivity index (χ0n) is 17.5. The van der Waals surface area contributed by atoms with Gasteiger partial charge in [0.05, 0.1) is 17.4 Å². The number of aromatic nitrogens is 1. The van der Waals surface area contributed by atoms with Crippen LogP contribution in [0, 0.1) is 5.92 Å². The lowest BCUT2D eigenvalue weighted by Gasteiger charge is -2.35. The minimum Gasteiger partial charge on any atom is -0.472 e. The monoisotopic (exact) mass is 450 g/mol. The highest BCUT2D eigenvalue weighted by Crippen LogP contribution is 2.30. The van der Waals surface area contributed by atoms with Crippen LogP contribution in [0.4, 0.5) is 19.0 Å². The number of halogens is 3. The Morgan fingerprint density at radius 1 is 1.03 bits per heavy atom. The van der Waals surface area contributed by atoms with Crippen molar-refractivity contribution in [2.75, 3.05) is 31.1 Å². The van der Waals surface area contributed by atoms with Crippen molar-refractivity contribution in [3.8, 4) is 0 Å². The van der Waals surface area contributed by atoms with Crippen LogP contribution in [-0.4, -0.2) is 53.9 Å². The summed E-state index contributed by atoms with van der Waals surface area (Å²) in [5.74, 6) is 0.301. The summed E-state index contributed by atoms with van der Waals surface area (Å²) >= 11 is 0. The summed E-state index contributed by atoms with van der Waals surface area (Å²) in [6, 6.07) is 4.08. The second kappa shape index (κ2) is 9.22. The van der Waals surface area contributed by atoms with E-state index in [4.69, 9.17) is 4.42 Å². The van der Waals surface area contributed by atoms with Gasteiger partial charge in [-0.2, -0.15) is 13.2 Å². The Balaban J connectivity index is 1.22. The molecule has 0 saturated carbocycles. The van der Waals surface area contributed by atoms with Crippen molar-refractivity contribution in [1.82, 2.24) is 15.2 Å². The number of rotatable bonds is 4. The molecule has 172 valence electrons. The van der Waals surface area contributed by atoms with Gasteiger partial charge in [-0.1, -0.05) is 0 Å². The number of amides is 2. The average Bonchev–Trinajstić information content (AvgIpc) is 3.34. The first-order chi connectivity index (χ1) is 15.3. The molecule has 2 aliphatic heterocycles. The van der Waals surface area contributed by atoms with Gasteiger partial charge in [-0.05, 0) is 43.9 Å². The Morgan fingerprint density at radius 3 is 2.31 bits per heavy atom. The topological polar surface area (TPSA) is 78.7 Å². The second-order valence-corrected chi connectivity index (χ2v) is 8.25. The molecule has 4 rings (SSSR count). The van der Waals surface area contributed by atoms with E-state index in [0.717, 1.165) is 12.3 Å². The summed E-state index contributed by atoms with van der Waals surface area (Å²) in [7, 11) is 0. The molecule has 2 saturated heterocycles. The molecule has 0 atom stereocenters. The summed E-state index contributed by atoms with van der Waals surface area (Å²) in [6.07, 6.45) is 1.98. The molecule has 0 bridgehead atoms. The molecule has 0 unspecified atom stereocenters. The Labute approximate surface area is 183 Å². The molecule has 0 spiro atoms. The molecule has 7 nitrogen and oxygen atoms in total. The number of alkyl halides is 3. The average molecular weight is 450 g/mol. The van der Waals surface area contributed by atoms with Gasteiger partial charge in [-0.15, -0.1) is 0 Å². The molecule has 2 amide bonds.